The minimum Gasteiger partial charge on any atom is -0.454 e. The van der Waals surface area contributed by atoms with E-state index < -0.39 is 0 Å². The zero-order chi connectivity index (χ0) is 23.8. The summed E-state index contributed by atoms with van der Waals surface area (Å²) in [6, 6.07) is 14.2. The Morgan fingerprint density at radius 3 is 2.71 bits per heavy atom. The van der Waals surface area contributed by atoms with Gasteiger partial charge < -0.3 is 18.6 Å². The first kappa shape index (κ1) is 22.2. The van der Waals surface area contributed by atoms with Crippen LogP contribution in [-0.4, -0.2) is 37.7 Å². The van der Waals surface area contributed by atoms with Gasteiger partial charge in [0, 0.05) is 30.5 Å². The standard InChI is InChI=1S/C25H23FN4O3S/c1-15-10-19(16(2)30(15)12-17-8-9-22-23(11-17)33-14-32-22)21(31)13-34-25-28-27-24(29(25)3)18-6-4-5-7-20(18)26/h4-11H,12-14H2,1-3H3. The minimum absolute atomic E-state index is 0.00507. The van der Waals surface area contributed by atoms with E-state index in [4.69, 9.17) is 9.47 Å². The monoisotopic (exact) mass is 478 g/mol. The van der Waals surface area contributed by atoms with E-state index in [1.54, 1.807) is 29.8 Å². The summed E-state index contributed by atoms with van der Waals surface area (Å²) >= 11 is 1.29. The molecule has 0 spiro atoms. The van der Waals surface area contributed by atoms with E-state index in [0.29, 0.717) is 28.7 Å². The number of aryl methyl sites for hydroxylation is 1. The van der Waals surface area contributed by atoms with Crippen molar-refractivity contribution in [3.05, 3.63) is 76.9 Å². The summed E-state index contributed by atoms with van der Waals surface area (Å²) in [4.78, 5) is 13.1. The maximum atomic E-state index is 14.1. The Labute approximate surface area is 200 Å². The van der Waals surface area contributed by atoms with Gasteiger partial charge in [0.05, 0.1) is 11.3 Å². The van der Waals surface area contributed by atoms with Crippen molar-refractivity contribution in [3.63, 3.8) is 0 Å². The number of hydrogen-bond acceptors (Lipinski definition) is 6. The number of ether oxygens (including phenoxy) is 2. The molecule has 34 heavy (non-hydrogen) atoms. The average molecular weight is 479 g/mol. The molecule has 0 atom stereocenters. The van der Waals surface area contributed by atoms with Gasteiger partial charge in [0.1, 0.15) is 5.82 Å². The van der Waals surface area contributed by atoms with E-state index in [9.17, 15) is 9.18 Å². The van der Waals surface area contributed by atoms with Crippen LogP contribution in [0.5, 0.6) is 11.5 Å². The first-order valence-electron chi connectivity index (χ1n) is 10.8. The molecule has 1 aliphatic heterocycles. The average Bonchev–Trinajstić information content (AvgIpc) is 3.52. The lowest BCUT2D eigenvalue weighted by molar-refractivity contribution is 0.102. The van der Waals surface area contributed by atoms with E-state index in [0.717, 1.165) is 28.5 Å². The van der Waals surface area contributed by atoms with Gasteiger partial charge in [-0.25, -0.2) is 4.39 Å². The molecule has 0 saturated carbocycles. The fraction of sp³-hybridized carbons (Fsp3) is 0.240. The number of carbonyl (C=O) groups is 1. The van der Waals surface area contributed by atoms with Gasteiger partial charge in [-0.05, 0) is 49.7 Å². The fourth-order valence-corrected chi connectivity index (χ4v) is 4.87. The molecule has 0 unspecified atom stereocenters. The molecule has 2 aromatic heterocycles. The molecule has 0 aliphatic carbocycles. The van der Waals surface area contributed by atoms with Crippen LogP contribution in [0.25, 0.3) is 11.4 Å². The number of carbonyl (C=O) groups excluding carboxylic acids is 1. The van der Waals surface area contributed by atoms with Gasteiger partial charge in [0.2, 0.25) is 6.79 Å². The molecule has 3 heterocycles. The van der Waals surface area contributed by atoms with E-state index in [2.05, 4.69) is 14.8 Å². The second-order valence-corrected chi connectivity index (χ2v) is 9.06. The molecule has 0 bridgehead atoms. The van der Waals surface area contributed by atoms with Crippen LogP contribution in [0, 0.1) is 19.7 Å². The van der Waals surface area contributed by atoms with Crippen molar-refractivity contribution in [2.45, 2.75) is 25.5 Å². The van der Waals surface area contributed by atoms with Crippen LogP contribution in [0.15, 0.2) is 53.7 Å². The van der Waals surface area contributed by atoms with Gasteiger partial charge in [-0.1, -0.05) is 30.0 Å². The number of fused-ring (bicyclic) bond motifs is 1. The van der Waals surface area contributed by atoms with E-state index >= 15 is 0 Å². The fourth-order valence-electron chi connectivity index (χ4n) is 4.07. The van der Waals surface area contributed by atoms with E-state index in [1.807, 2.05) is 38.1 Å². The zero-order valence-corrected chi connectivity index (χ0v) is 19.9. The van der Waals surface area contributed by atoms with Gasteiger partial charge in [0.25, 0.3) is 0 Å². The molecule has 0 fully saturated rings. The van der Waals surface area contributed by atoms with Crippen molar-refractivity contribution < 1.29 is 18.7 Å². The summed E-state index contributed by atoms with van der Waals surface area (Å²) in [5, 5.41) is 8.84. The number of benzene rings is 2. The van der Waals surface area contributed by atoms with E-state index in [1.165, 1.54) is 17.8 Å². The lowest BCUT2D eigenvalue weighted by Gasteiger charge is -2.11. The van der Waals surface area contributed by atoms with Crippen molar-refractivity contribution in [3.8, 4) is 22.9 Å². The second kappa shape index (κ2) is 8.98. The van der Waals surface area contributed by atoms with Gasteiger partial charge >= 0.3 is 0 Å². The maximum Gasteiger partial charge on any atom is 0.231 e. The molecule has 9 heteroatoms. The number of hydrogen-bond donors (Lipinski definition) is 0. The minimum atomic E-state index is -0.361. The van der Waals surface area contributed by atoms with Crippen LogP contribution in [0.4, 0.5) is 4.39 Å². The SMILES string of the molecule is Cc1cc(C(=O)CSc2nnc(-c3ccccc3F)n2C)c(C)n1Cc1ccc2c(c1)OCO2. The van der Waals surface area contributed by atoms with Crippen molar-refractivity contribution in [2.75, 3.05) is 12.5 Å². The molecule has 0 amide bonds. The highest BCUT2D eigenvalue weighted by Crippen LogP contribution is 2.33. The summed E-state index contributed by atoms with van der Waals surface area (Å²) in [7, 11) is 1.77. The molecule has 4 aromatic rings. The smallest absolute Gasteiger partial charge is 0.231 e. The topological polar surface area (TPSA) is 71.2 Å². The van der Waals surface area contributed by atoms with Gasteiger partial charge in [-0.3, -0.25) is 4.79 Å². The highest BCUT2D eigenvalue weighted by molar-refractivity contribution is 7.99. The third-order valence-corrected chi connectivity index (χ3v) is 6.95. The Morgan fingerprint density at radius 1 is 1.09 bits per heavy atom. The lowest BCUT2D eigenvalue weighted by atomic mass is 10.1. The second-order valence-electron chi connectivity index (χ2n) is 8.12. The summed E-state index contributed by atoms with van der Waals surface area (Å²) in [5.74, 6) is 1.77. The Kier molecular flexibility index (Phi) is 5.87. The largest absolute Gasteiger partial charge is 0.454 e. The molecule has 1 aliphatic rings. The lowest BCUT2D eigenvalue weighted by Crippen LogP contribution is -2.08. The molecule has 7 nitrogen and oxygen atoms in total. The Bertz CT molecular complexity index is 1400. The van der Waals surface area contributed by atoms with Gasteiger partial charge in [-0.2, -0.15) is 0 Å². The molecular weight excluding hydrogens is 455 g/mol. The highest BCUT2D eigenvalue weighted by atomic mass is 32.2. The number of ketones is 1. The molecular formula is C25H23FN4O3S. The molecule has 0 N–H and O–H groups in total. The molecule has 5 rings (SSSR count). The predicted octanol–water partition coefficient (Wildman–Crippen LogP) is 4.79. The third kappa shape index (κ3) is 4.07. The highest BCUT2D eigenvalue weighted by Gasteiger charge is 2.20. The zero-order valence-electron chi connectivity index (χ0n) is 19.0. The molecule has 0 radical (unpaired) electrons. The summed E-state index contributed by atoms with van der Waals surface area (Å²) < 4.78 is 28.8. The van der Waals surface area contributed by atoms with Crippen molar-refractivity contribution in [1.82, 2.24) is 19.3 Å². The van der Waals surface area contributed by atoms with Crippen LogP contribution in [0.3, 0.4) is 0 Å². The molecule has 0 saturated heterocycles. The number of rotatable bonds is 7. The predicted molar refractivity (Wildman–Crippen MR) is 127 cm³/mol. The van der Waals surface area contributed by atoms with Gasteiger partial charge in [-0.15, -0.1) is 10.2 Å². The van der Waals surface area contributed by atoms with Crippen LogP contribution >= 0.6 is 11.8 Å². The Hall–Kier alpha value is -3.59. The summed E-state index contributed by atoms with van der Waals surface area (Å²) in [6.45, 7) is 4.82. The molecule has 174 valence electrons. The quantitative estimate of drug-likeness (QED) is 0.281. The Morgan fingerprint density at radius 2 is 1.88 bits per heavy atom. The maximum absolute atomic E-state index is 14.1. The summed E-state index contributed by atoms with van der Waals surface area (Å²) in [6.07, 6.45) is 0. The number of thioether (sulfide) groups is 1. The Balaban J connectivity index is 1.30. The van der Waals surface area contributed by atoms with Crippen LogP contribution in [0.2, 0.25) is 0 Å². The van der Waals surface area contributed by atoms with E-state index in [-0.39, 0.29) is 24.1 Å². The number of aromatic nitrogens is 4. The normalized spacial score (nSPS) is 12.4. The number of nitrogens with zero attached hydrogens (tertiary/aromatic N) is 4. The van der Waals surface area contributed by atoms with Crippen molar-refractivity contribution >= 4 is 17.5 Å². The summed E-state index contributed by atoms with van der Waals surface area (Å²) in [5.41, 5.74) is 4.04. The van der Waals surface area contributed by atoms with Crippen LogP contribution in [-0.2, 0) is 13.6 Å². The first-order chi connectivity index (χ1) is 16.4. The third-order valence-electron chi connectivity index (χ3n) is 5.93. The molecule has 2 aromatic carbocycles. The van der Waals surface area contributed by atoms with Crippen LogP contribution < -0.4 is 9.47 Å². The first-order valence-corrected chi connectivity index (χ1v) is 11.8. The number of halogens is 1. The van der Waals surface area contributed by atoms with Crippen LogP contribution in [0.1, 0.15) is 27.3 Å². The van der Waals surface area contributed by atoms with Crippen molar-refractivity contribution in [1.29, 1.82) is 0 Å². The van der Waals surface area contributed by atoms with Gasteiger partial charge in [0.15, 0.2) is 28.3 Å². The number of Topliss-reactive ketones (excluding diaryl/α,β-unsaturated/α-hetero) is 1. The van der Waals surface area contributed by atoms with Crippen molar-refractivity contribution in [2.24, 2.45) is 7.05 Å².